The molecule has 0 saturated carbocycles. The molecule has 0 spiro atoms. The molecule has 1 amide bonds. The average molecular weight is 308 g/mol. The zero-order valence-electron chi connectivity index (χ0n) is 6.68. The van der Waals surface area contributed by atoms with Gasteiger partial charge in [-0.25, -0.2) is 0 Å². The Kier molecular flexibility index (Phi) is 3.74. The number of anilines is 1. The van der Waals surface area contributed by atoms with Crippen LogP contribution in [0.25, 0.3) is 0 Å². The summed E-state index contributed by atoms with van der Waals surface area (Å²) in [5, 5.41) is 3.32. The van der Waals surface area contributed by atoms with Crippen LogP contribution in [0.1, 0.15) is 0 Å². The van der Waals surface area contributed by atoms with Crippen molar-refractivity contribution < 1.29 is 4.79 Å². The van der Waals surface area contributed by atoms with Crippen molar-refractivity contribution in [2.45, 2.75) is 0 Å². The lowest BCUT2D eigenvalue weighted by Crippen LogP contribution is -2.08. The number of carbonyl (C=O) groups excluding carboxylic acids is 1. The van der Waals surface area contributed by atoms with Gasteiger partial charge in [-0.05, 0) is 46.9 Å². The van der Waals surface area contributed by atoms with Crippen molar-refractivity contribution in [3.63, 3.8) is 0 Å². The molecule has 1 rings (SSSR count). The summed E-state index contributed by atoms with van der Waals surface area (Å²) in [5.74, 6) is -0.222. The molecule has 0 saturated heterocycles. The summed E-state index contributed by atoms with van der Waals surface area (Å²) in [5.41, 5.74) is 0.745. The quantitative estimate of drug-likeness (QED) is 0.660. The number of carbonyl (C=O) groups is 1. The molecule has 0 heterocycles. The molecule has 0 aliphatic rings. The SMILES string of the molecule is C=CC(=O)Nc1ccc(Cl)cc1I. The Balaban J connectivity index is 2.89. The predicted molar refractivity (Wildman–Crippen MR) is 63.0 cm³/mol. The van der Waals surface area contributed by atoms with E-state index in [1.54, 1.807) is 18.2 Å². The second kappa shape index (κ2) is 4.62. The zero-order chi connectivity index (χ0) is 9.84. The minimum Gasteiger partial charge on any atom is -0.322 e. The van der Waals surface area contributed by atoms with Crippen LogP contribution in [0.4, 0.5) is 5.69 Å². The van der Waals surface area contributed by atoms with E-state index in [1.807, 2.05) is 0 Å². The fraction of sp³-hybridized carbons (Fsp3) is 0. The number of nitrogens with one attached hydrogen (secondary N) is 1. The van der Waals surface area contributed by atoms with Gasteiger partial charge in [0.15, 0.2) is 0 Å². The van der Waals surface area contributed by atoms with Crippen LogP contribution < -0.4 is 5.32 Å². The van der Waals surface area contributed by atoms with E-state index in [1.165, 1.54) is 6.08 Å². The van der Waals surface area contributed by atoms with Gasteiger partial charge in [-0.2, -0.15) is 0 Å². The molecular weight excluding hydrogens is 300 g/mol. The van der Waals surface area contributed by atoms with Crippen LogP contribution >= 0.6 is 34.2 Å². The fourth-order valence-corrected chi connectivity index (χ4v) is 1.78. The Morgan fingerprint density at radius 3 is 2.85 bits per heavy atom. The van der Waals surface area contributed by atoms with Gasteiger partial charge in [0.2, 0.25) is 5.91 Å². The number of hydrogen-bond donors (Lipinski definition) is 1. The Hall–Kier alpha value is -0.550. The van der Waals surface area contributed by atoms with Crippen molar-refractivity contribution >= 4 is 45.8 Å². The lowest BCUT2D eigenvalue weighted by molar-refractivity contribution is -0.111. The summed E-state index contributed by atoms with van der Waals surface area (Å²) >= 11 is 7.85. The number of benzene rings is 1. The lowest BCUT2D eigenvalue weighted by atomic mass is 10.3. The number of halogens is 2. The molecular formula is C9H7ClINO. The summed E-state index contributed by atoms with van der Waals surface area (Å²) in [6.45, 7) is 3.36. The maximum Gasteiger partial charge on any atom is 0.247 e. The van der Waals surface area contributed by atoms with Crippen molar-refractivity contribution in [2.75, 3.05) is 5.32 Å². The second-order valence-corrected chi connectivity index (χ2v) is 3.92. The highest BCUT2D eigenvalue weighted by Gasteiger charge is 2.01. The first kappa shape index (κ1) is 10.5. The van der Waals surface area contributed by atoms with Gasteiger partial charge in [0.25, 0.3) is 0 Å². The van der Waals surface area contributed by atoms with E-state index < -0.39 is 0 Å². The van der Waals surface area contributed by atoms with Gasteiger partial charge in [-0.1, -0.05) is 18.2 Å². The topological polar surface area (TPSA) is 29.1 Å². The minimum absolute atomic E-state index is 0.222. The van der Waals surface area contributed by atoms with Gasteiger partial charge >= 0.3 is 0 Å². The van der Waals surface area contributed by atoms with Gasteiger partial charge in [0.1, 0.15) is 0 Å². The molecule has 2 nitrogen and oxygen atoms in total. The second-order valence-electron chi connectivity index (χ2n) is 2.32. The molecule has 13 heavy (non-hydrogen) atoms. The highest BCUT2D eigenvalue weighted by atomic mass is 127. The highest BCUT2D eigenvalue weighted by molar-refractivity contribution is 14.1. The molecule has 0 aliphatic heterocycles. The standard InChI is InChI=1S/C9H7ClINO/c1-2-9(13)12-8-4-3-6(10)5-7(8)11/h2-5H,1H2,(H,12,13). The van der Waals surface area contributed by atoms with Gasteiger partial charge in [0, 0.05) is 8.59 Å². The van der Waals surface area contributed by atoms with Gasteiger partial charge in [-0.3, -0.25) is 4.79 Å². The molecule has 1 aromatic rings. The fourth-order valence-electron chi connectivity index (χ4n) is 0.775. The van der Waals surface area contributed by atoms with Crippen LogP contribution in [0.5, 0.6) is 0 Å². The van der Waals surface area contributed by atoms with Crippen LogP contribution in [0.15, 0.2) is 30.9 Å². The molecule has 0 fully saturated rings. The molecule has 0 atom stereocenters. The normalized spacial score (nSPS) is 9.38. The van der Waals surface area contributed by atoms with Crippen LogP contribution in [0, 0.1) is 3.57 Å². The Morgan fingerprint density at radius 1 is 1.62 bits per heavy atom. The van der Waals surface area contributed by atoms with Gasteiger partial charge in [-0.15, -0.1) is 0 Å². The summed E-state index contributed by atoms with van der Waals surface area (Å²) in [4.78, 5) is 11.0. The Morgan fingerprint density at radius 2 is 2.31 bits per heavy atom. The lowest BCUT2D eigenvalue weighted by Gasteiger charge is -2.04. The summed E-state index contributed by atoms with van der Waals surface area (Å²) < 4.78 is 0.903. The van der Waals surface area contributed by atoms with Crippen LogP contribution in [0.3, 0.4) is 0 Å². The van der Waals surface area contributed by atoms with Crippen molar-refractivity contribution in [1.82, 2.24) is 0 Å². The van der Waals surface area contributed by atoms with Crippen molar-refractivity contribution in [3.05, 3.63) is 39.4 Å². The third kappa shape index (κ3) is 3.00. The molecule has 0 aliphatic carbocycles. The number of amides is 1. The Bertz CT molecular complexity index is 351. The van der Waals surface area contributed by atoms with Gasteiger partial charge in [0.05, 0.1) is 5.69 Å². The minimum atomic E-state index is -0.222. The maximum absolute atomic E-state index is 11.0. The summed E-state index contributed by atoms with van der Waals surface area (Å²) in [6, 6.07) is 5.26. The molecule has 1 N–H and O–H groups in total. The molecule has 0 aromatic heterocycles. The van der Waals surface area contributed by atoms with Crippen LogP contribution in [-0.2, 0) is 4.79 Å². The van der Waals surface area contributed by atoms with Gasteiger partial charge < -0.3 is 5.32 Å². The van der Waals surface area contributed by atoms with E-state index in [4.69, 9.17) is 11.6 Å². The monoisotopic (exact) mass is 307 g/mol. The van der Waals surface area contributed by atoms with E-state index in [0.29, 0.717) is 5.02 Å². The molecule has 1 aromatic carbocycles. The zero-order valence-corrected chi connectivity index (χ0v) is 9.59. The smallest absolute Gasteiger partial charge is 0.247 e. The van der Waals surface area contributed by atoms with Crippen LogP contribution in [0.2, 0.25) is 5.02 Å². The third-order valence-electron chi connectivity index (χ3n) is 1.37. The highest BCUT2D eigenvalue weighted by Crippen LogP contribution is 2.22. The van der Waals surface area contributed by atoms with Crippen molar-refractivity contribution in [1.29, 1.82) is 0 Å². The molecule has 4 heteroatoms. The first-order valence-electron chi connectivity index (χ1n) is 3.52. The molecule has 68 valence electrons. The van der Waals surface area contributed by atoms with E-state index >= 15 is 0 Å². The van der Waals surface area contributed by atoms with E-state index in [-0.39, 0.29) is 5.91 Å². The Labute approximate surface area is 95.1 Å². The molecule has 0 unspecified atom stereocenters. The first-order chi connectivity index (χ1) is 6.13. The summed E-state index contributed by atoms with van der Waals surface area (Å²) in [6.07, 6.45) is 1.23. The van der Waals surface area contributed by atoms with Crippen molar-refractivity contribution in [3.8, 4) is 0 Å². The average Bonchev–Trinajstić information content (AvgIpc) is 2.09. The predicted octanol–water partition coefficient (Wildman–Crippen LogP) is 3.07. The first-order valence-corrected chi connectivity index (χ1v) is 4.97. The van der Waals surface area contributed by atoms with E-state index in [2.05, 4.69) is 34.5 Å². The van der Waals surface area contributed by atoms with E-state index in [9.17, 15) is 4.79 Å². The molecule has 0 radical (unpaired) electrons. The number of rotatable bonds is 2. The molecule has 0 bridgehead atoms. The van der Waals surface area contributed by atoms with Crippen LogP contribution in [-0.4, -0.2) is 5.91 Å². The maximum atomic E-state index is 11.0. The number of hydrogen-bond acceptors (Lipinski definition) is 1. The summed E-state index contributed by atoms with van der Waals surface area (Å²) in [7, 11) is 0. The van der Waals surface area contributed by atoms with E-state index in [0.717, 1.165) is 9.26 Å². The third-order valence-corrected chi connectivity index (χ3v) is 2.50. The van der Waals surface area contributed by atoms with Crippen molar-refractivity contribution in [2.24, 2.45) is 0 Å². The largest absolute Gasteiger partial charge is 0.322 e.